The van der Waals surface area contributed by atoms with Gasteiger partial charge in [0.05, 0.1) is 5.60 Å². The fourth-order valence-electron chi connectivity index (χ4n) is 3.19. The van der Waals surface area contributed by atoms with E-state index in [0.717, 1.165) is 32.1 Å². The average Bonchev–Trinajstić information content (AvgIpc) is 2.82. The fraction of sp³-hybridized carbons (Fsp3) is 0.857. The van der Waals surface area contributed by atoms with Gasteiger partial charge in [0.25, 0.3) is 0 Å². The largest absolute Gasteiger partial charge is 0.377 e. The molecule has 2 heterocycles. The second-order valence-electron chi connectivity index (χ2n) is 6.15. The van der Waals surface area contributed by atoms with Gasteiger partial charge in [-0.2, -0.15) is 4.98 Å². The molecule has 0 bridgehead atoms. The van der Waals surface area contributed by atoms with E-state index in [0.29, 0.717) is 5.82 Å². The summed E-state index contributed by atoms with van der Waals surface area (Å²) in [5.41, 5.74) is 0.0885. The topological polar surface area (TPSA) is 54.6 Å². The molecule has 1 aliphatic carbocycles. The van der Waals surface area contributed by atoms with Crippen LogP contribution in [0.2, 0.25) is 0 Å². The van der Waals surface area contributed by atoms with Crippen LogP contribution in [0.25, 0.3) is 0 Å². The number of hydrogen-bond donors (Lipinski definition) is 0. The molecule has 6 nitrogen and oxygen atoms in total. The van der Waals surface area contributed by atoms with Crippen molar-refractivity contribution < 1.29 is 9.26 Å². The minimum atomic E-state index is 0.0885. The van der Waals surface area contributed by atoms with Gasteiger partial charge in [0, 0.05) is 33.3 Å². The summed E-state index contributed by atoms with van der Waals surface area (Å²) >= 11 is 0. The summed E-state index contributed by atoms with van der Waals surface area (Å²) in [7, 11) is 3.96. The summed E-state index contributed by atoms with van der Waals surface area (Å²) in [6.45, 7) is 5.91. The molecule has 1 aromatic heterocycles. The van der Waals surface area contributed by atoms with Gasteiger partial charge in [0.15, 0.2) is 5.82 Å². The molecule has 1 saturated heterocycles. The van der Waals surface area contributed by atoms with Gasteiger partial charge in [-0.15, -0.1) is 0 Å². The number of hydrogen-bond acceptors (Lipinski definition) is 6. The molecule has 1 aromatic rings. The zero-order valence-electron chi connectivity index (χ0n) is 12.6. The number of ether oxygens (including phenoxy) is 1. The molecule has 2 fully saturated rings. The third kappa shape index (κ3) is 2.60. The number of likely N-dealkylation sites (N-methyl/N-ethyl adjacent to an activating group) is 1. The number of aromatic nitrogens is 2. The molecule has 1 saturated carbocycles. The Morgan fingerprint density at radius 3 is 2.75 bits per heavy atom. The van der Waals surface area contributed by atoms with E-state index in [4.69, 9.17) is 9.26 Å². The minimum absolute atomic E-state index is 0.0885. The highest BCUT2D eigenvalue weighted by Crippen LogP contribution is 2.36. The van der Waals surface area contributed by atoms with Crippen molar-refractivity contribution in [1.29, 1.82) is 0 Å². The molecule has 0 spiro atoms. The molecule has 112 valence electrons. The Kier molecular flexibility index (Phi) is 3.79. The summed E-state index contributed by atoms with van der Waals surface area (Å²) in [5, 5.41) is 3.91. The predicted octanol–water partition coefficient (Wildman–Crippen LogP) is 1.24. The molecule has 20 heavy (non-hydrogen) atoms. The number of aryl methyl sites for hydroxylation is 1. The lowest BCUT2D eigenvalue weighted by Gasteiger charge is -2.46. The third-order valence-electron chi connectivity index (χ3n) is 4.77. The van der Waals surface area contributed by atoms with Crippen LogP contribution in [0.4, 0.5) is 0 Å². The number of methoxy groups -OCH3 is 1. The standard InChI is InChI=1S/C14H24N4O2/c1-11-15-13(20-16-11)12-9-18(8-7-17(12)2)10-14(19-3)5-4-6-14/h12H,4-10H2,1-3H3. The first-order valence-corrected chi connectivity index (χ1v) is 7.40. The summed E-state index contributed by atoms with van der Waals surface area (Å²) in [5.74, 6) is 1.44. The minimum Gasteiger partial charge on any atom is -0.377 e. The van der Waals surface area contributed by atoms with Gasteiger partial charge in [-0.1, -0.05) is 5.16 Å². The molecule has 1 unspecified atom stereocenters. The molecule has 3 rings (SSSR count). The maximum Gasteiger partial charge on any atom is 0.245 e. The molecule has 0 N–H and O–H groups in total. The zero-order chi connectivity index (χ0) is 14.2. The molecule has 1 atom stereocenters. The van der Waals surface area contributed by atoms with Crippen molar-refractivity contribution in [3.8, 4) is 0 Å². The lowest BCUT2D eigenvalue weighted by molar-refractivity contribution is -0.0999. The van der Waals surface area contributed by atoms with Crippen molar-refractivity contribution >= 4 is 0 Å². The van der Waals surface area contributed by atoms with E-state index in [1.807, 2.05) is 14.0 Å². The van der Waals surface area contributed by atoms with Gasteiger partial charge in [0.2, 0.25) is 5.89 Å². The molecular weight excluding hydrogens is 256 g/mol. The van der Waals surface area contributed by atoms with Gasteiger partial charge in [-0.25, -0.2) is 0 Å². The first-order valence-electron chi connectivity index (χ1n) is 7.40. The number of nitrogens with zero attached hydrogens (tertiary/aromatic N) is 4. The number of rotatable bonds is 4. The predicted molar refractivity (Wildman–Crippen MR) is 74.4 cm³/mol. The van der Waals surface area contributed by atoms with Gasteiger partial charge in [-0.05, 0) is 33.2 Å². The summed E-state index contributed by atoms with van der Waals surface area (Å²) in [6.07, 6.45) is 3.65. The fourth-order valence-corrected chi connectivity index (χ4v) is 3.19. The van der Waals surface area contributed by atoms with E-state index < -0.39 is 0 Å². The van der Waals surface area contributed by atoms with Crippen LogP contribution in [0.15, 0.2) is 4.52 Å². The molecule has 0 aromatic carbocycles. The summed E-state index contributed by atoms with van der Waals surface area (Å²) in [4.78, 5) is 9.17. The first kappa shape index (κ1) is 14.0. The van der Waals surface area contributed by atoms with Crippen LogP contribution in [-0.2, 0) is 4.74 Å². The second kappa shape index (κ2) is 5.42. The third-order valence-corrected chi connectivity index (χ3v) is 4.77. The van der Waals surface area contributed by atoms with Crippen LogP contribution >= 0.6 is 0 Å². The Morgan fingerprint density at radius 2 is 2.20 bits per heavy atom. The Balaban J connectivity index is 1.67. The second-order valence-corrected chi connectivity index (χ2v) is 6.15. The smallest absolute Gasteiger partial charge is 0.245 e. The summed E-state index contributed by atoms with van der Waals surface area (Å²) < 4.78 is 11.1. The van der Waals surface area contributed by atoms with Crippen molar-refractivity contribution in [3.05, 3.63) is 11.7 Å². The van der Waals surface area contributed by atoms with E-state index in [-0.39, 0.29) is 11.6 Å². The van der Waals surface area contributed by atoms with E-state index in [1.54, 1.807) is 0 Å². The first-order chi connectivity index (χ1) is 9.62. The number of piperazine rings is 1. The van der Waals surface area contributed by atoms with Crippen LogP contribution in [0.5, 0.6) is 0 Å². The monoisotopic (exact) mass is 280 g/mol. The quantitative estimate of drug-likeness (QED) is 0.827. The van der Waals surface area contributed by atoms with Crippen LogP contribution in [0.3, 0.4) is 0 Å². The van der Waals surface area contributed by atoms with E-state index in [9.17, 15) is 0 Å². The molecule has 1 aliphatic heterocycles. The highest BCUT2D eigenvalue weighted by molar-refractivity contribution is 4.99. The highest BCUT2D eigenvalue weighted by Gasteiger charge is 2.40. The van der Waals surface area contributed by atoms with Crippen LogP contribution in [0.1, 0.15) is 37.0 Å². The lowest BCUT2D eigenvalue weighted by atomic mass is 9.79. The Labute approximate surface area is 120 Å². The normalized spacial score (nSPS) is 27.4. The maximum absolute atomic E-state index is 5.74. The molecule has 0 amide bonds. The molecular formula is C14H24N4O2. The van der Waals surface area contributed by atoms with Crippen molar-refractivity contribution in [3.63, 3.8) is 0 Å². The van der Waals surface area contributed by atoms with Crippen molar-refractivity contribution in [1.82, 2.24) is 19.9 Å². The van der Waals surface area contributed by atoms with Crippen molar-refractivity contribution in [2.75, 3.05) is 40.3 Å². The Bertz CT molecular complexity index is 452. The lowest BCUT2D eigenvalue weighted by Crippen LogP contribution is -2.55. The zero-order valence-corrected chi connectivity index (χ0v) is 12.6. The van der Waals surface area contributed by atoms with Crippen molar-refractivity contribution in [2.45, 2.75) is 37.8 Å². The molecule has 0 radical (unpaired) electrons. The summed E-state index contributed by atoms with van der Waals surface area (Å²) in [6, 6.07) is 0.193. The van der Waals surface area contributed by atoms with Crippen molar-refractivity contribution in [2.24, 2.45) is 0 Å². The highest BCUT2D eigenvalue weighted by atomic mass is 16.5. The van der Waals surface area contributed by atoms with E-state index >= 15 is 0 Å². The van der Waals surface area contributed by atoms with Gasteiger partial charge < -0.3 is 9.26 Å². The SMILES string of the molecule is COC1(CN2CCN(C)C(c3nc(C)no3)C2)CCC1. The van der Waals surface area contributed by atoms with Gasteiger partial charge in [-0.3, -0.25) is 9.80 Å². The molecule has 6 heteroatoms. The molecule has 2 aliphatic rings. The Morgan fingerprint density at radius 1 is 1.40 bits per heavy atom. The van der Waals surface area contributed by atoms with Crippen LogP contribution in [0, 0.1) is 6.92 Å². The van der Waals surface area contributed by atoms with Gasteiger partial charge >= 0.3 is 0 Å². The van der Waals surface area contributed by atoms with Crippen LogP contribution in [-0.4, -0.2) is 65.9 Å². The maximum atomic E-state index is 5.74. The van der Waals surface area contributed by atoms with Gasteiger partial charge in [0.1, 0.15) is 6.04 Å². The van der Waals surface area contributed by atoms with Crippen LogP contribution < -0.4 is 0 Å². The van der Waals surface area contributed by atoms with E-state index in [2.05, 4.69) is 27.0 Å². The Hall–Kier alpha value is -0.980. The average molecular weight is 280 g/mol. The van der Waals surface area contributed by atoms with E-state index in [1.165, 1.54) is 19.3 Å².